The van der Waals surface area contributed by atoms with Crippen LogP contribution in [0.3, 0.4) is 0 Å². The van der Waals surface area contributed by atoms with E-state index in [1.807, 2.05) is 12.1 Å². The maximum atomic E-state index is 12.3. The van der Waals surface area contributed by atoms with Crippen LogP contribution in [0.5, 0.6) is 5.75 Å². The topological polar surface area (TPSA) is 82.6 Å². The molecule has 130 valence electrons. The third-order valence-electron chi connectivity index (χ3n) is 4.14. The minimum absolute atomic E-state index is 0.107. The molecule has 7 heteroatoms. The normalized spacial score (nSPS) is 15.0. The molecule has 3 rings (SSSR count). The molecule has 0 saturated carbocycles. The Kier molecular flexibility index (Phi) is 5.31. The van der Waals surface area contributed by atoms with Crippen LogP contribution in [-0.4, -0.2) is 60.2 Å². The molecule has 1 aromatic heterocycles. The number of piperazine rings is 1. The second-order valence-electron chi connectivity index (χ2n) is 5.95. The van der Waals surface area contributed by atoms with E-state index in [1.165, 1.54) is 0 Å². The number of ether oxygens (including phenoxy) is 1. The van der Waals surface area contributed by atoms with E-state index in [9.17, 15) is 4.79 Å². The van der Waals surface area contributed by atoms with Crippen LogP contribution in [0.25, 0.3) is 0 Å². The van der Waals surface area contributed by atoms with E-state index in [1.54, 1.807) is 30.0 Å². The Morgan fingerprint density at radius 3 is 2.80 bits per heavy atom. The molecule has 0 unspecified atom stereocenters. The van der Waals surface area contributed by atoms with Gasteiger partial charge >= 0.3 is 0 Å². The van der Waals surface area contributed by atoms with Crippen molar-refractivity contribution in [1.29, 1.82) is 5.26 Å². The van der Waals surface area contributed by atoms with Crippen molar-refractivity contribution >= 4 is 5.91 Å². The lowest BCUT2D eigenvalue weighted by molar-refractivity contribution is 0.0581. The number of aryl methyl sites for hydroxylation is 1. The molecule has 1 aromatic carbocycles. The lowest BCUT2D eigenvalue weighted by atomic mass is 10.2. The van der Waals surface area contributed by atoms with Gasteiger partial charge in [-0.1, -0.05) is 11.2 Å². The molecule has 0 atom stereocenters. The number of hydrogen-bond acceptors (Lipinski definition) is 6. The third kappa shape index (κ3) is 4.37. The molecule has 2 aromatic rings. The molecule has 0 N–H and O–H groups in total. The summed E-state index contributed by atoms with van der Waals surface area (Å²) in [5.41, 5.74) is 1.30. The van der Waals surface area contributed by atoms with Crippen molar-refractivity contribution in [2.24, 2.45) is 0 Å². The molecule has 1 fully saturated rings. The quantitative estimate of drug-likeness (QED) is 0.824. The number of rotatable bonds is 5. The van der Waals surface area contributed by atoms with Gasteiger partial charge in [-0.2, -0.15) is 5.26 Å². The largest absolute Gasteiger partial charge is 0.492 e. The Morgan fingerprint density at radius 1 is 1.32 bits per heavy atom. The van der Waals surface area contributed by atoms with Gasteiger partial charge in [0, 0.05) is 38.8 Å². The zero-order valence-electron chi connectivity index (χ0n) is 14.1. The molecule has 2 heterocycles. The van der Waals surface area contributed by atoms with Crippen molar-refractivity contribution in [1.82, 2.24) is 15.0 Å². The van der Waals surface area contributed by atoms with Gasteiger partial charge in [-0.25, -0.2) is 0 Å². The van der Waals surface area contributed by atoms with Gasteiger partial charge in [-0.3, -0.25) is 9.69 Å². The average molecular weight is 340 g/mol. The fraction of sp³-hybridized carbons (Fsp3) is 0.389. The van der Waals surface area contributed by atoms with Crippen molar-refractivity contribution in [2.45, 2.75) is 6.92 Å². The number of amides is 1. The summed E-state index contributed by atoms with van der Waals surface area (Å²) in [6.07, 6.45) is 0. The van der Waals surface area contributed by atoms with E-state index in [4.69, 9.17) is 14.5 Å². The molecule has 0 radical (unpaired) electrons. The highest BCUT2D eigenvalue weighted by molar-refractivity contribution is 5.91. The smallest absolute Gasteiger partial charge is 0.292 e. The summed E-state index contributed by atoms with van der Waals surface area (Å²) in [6, 6.07) is 10.9. The van der Waals surface area contributed by atoms with Gasteiger partial charge in [0.1, 0.15) is 12.4 Å². The zero-order chi connectivity index (χ0) is 17.6. The SMILES string of the molecule is Cc1cc(C(=O)N2CCN(CCOc3cccc(C#N)c3)CC2)on1. The number of nitriles is 1. The average Bonchev–Trinajstić information content (AvgIpc) is 3.08. The van der Waals surface area contributed by atoms with Crippen LogP contribution >= 0.6 is 0 Å². The molecule has 1 amide bonds. The van der Waals surface area contributed by atoms with E-state index in [2.05, 4.69) is 16.1 Å². The highest BCUT2D eigenvalue weighted by atomic mass is 16.5. The van der Waals surface area contributed by atoms with Crippen LogP contribution in [0.4, 0.5) is 0 Å². The number of benzene rings is 1. The zero-order valence-corrected chi connectivity index (χ0v) is 14.1. The predicted octanol–water partition coefficient (Wildman–Crippen LogP) is 1.69. The van der Waals surface area contributed by atoms with Gasteiger partial charge in [0.15, 0.2) is 0 Å². The van der Waals surface area contributed by atoms with Crippen LogP contribution in [0.1, 0.15) is 21.8 Å². The summed E-state index contributed by atoms with van der Waals surface area (Å²) < 4.78 is 10.7. The standard InChI is InChI=1S/C18H20N4O3/c1-14-11-17(25-20-14)18(23)22-7-5-21(6-8-22)9-10-24-16-4-2-3-15(12-16)13-19/h2-4,11-12H,5-10H2,1H3. The molecule has 7 nitrogen and oxygen atoms in total. The first-order valence-corrected chi connectivity index (χ1v) is 8.23. The Morgan fingerprint density at radius 2 is 2.12 bits per heavy atom. The fourth-order valence-corrected chi connectivity index (χ4v) is 2.74. The van der Waals surface area contributed by atoms with Gasteiger partial charge in [-0.15, -0.1) is 0 Å². The minimum atomic E-state index is -0.107. The molecule has 1 aliphatic rings. The van der Waals surface area contributed by atoms with Crippen LogP contribution in [-0.2, 0) is 0 Å². The molecular weight excluding hydrogens is 320 g/mol. The predicted molar refractivity (Wildman–Crippen MR) is 90.2 cm³/mol. The van der Waals surface area contributed by atoms with Crippen LogP contribution in [0.2, 0.25) is 0 Å². The second kappa shape index (κ2) is 7.81. The van der Waals surface area contributed by atoms with Crippen LogP contribution in [0.15, 0.2) is 34.9 Å². The van der Waals surface area contributed by atoms with E-state index in [0.29, 0.717) is 42.5 Å². The first-order valence-electron chi connectivity index (χ1n) is 8.23. The molecular formula is C18H20N4O3. The van der Waals surface area contributed by atoms with E-state index < -0.39 is 0 Å². The number of carbonyl (C=O) groups is 1. The number of aromatic nitrogens is 1. The molecule has 1 aliphatic heterocycles. The van der Waals surface area contributed by atoms with Gasteiger partial charge in [0.2, 0.25) is 5.76 Å². The minimum Gasteiger partial charge on any atom is -0.492 e. The maximum absolute atomic E-state index is 12.3. The second-order valence-corrected chi connectivity index (χ2v) is 5.95. The van der Waals surface area contributed by atoms with Crippen molar-refractivity contribution < 1.29 is 14.1 Å². The van der Waals surface area contributed by atoms with E-state index >= 15 is 0 Å². The summed E-state index contributed by atoms with van der Waals surface area (Å²) in [7, 11) is 0. The Balaban J connectivity index is 1.42. The summed E-state index contributed by atoms with van der Waals surface area (Å²) in [5.74, 6) is 0.894. The molecule has 0 bridgehead atoms. The third-order valence-corrected chi connectivity index (χ3v) is 4.14. The van der Waals surface area contributed by atoms with Gasteiger partial charge in [-0.05, 0) is 25.1 Å². The van der Waals surface area contributed by atoms with Crippen LogP contribution in [0, 0.1) is 18.3 Å². The molecule has 0 spiro atoms. The molecule has 0 aliphatic carbocycles. The number of hydrogen-bond donors (Lipinski definition) is 0. The Bertz CT molecular complexity index is 773. The first-order chi connectivity index (χ1) is 12.2. The first kappa shape index (κ1) is 17.0. The van der Waals surface area contributed by atoms with Gasteiger partial charge in [0.05, 0.1) is 17.3 Å². The number of carbonyl (C=O) groups excluding carboxylic acids is 1. The summed E-state index contributed by atoms with van der Waals surface area (Å²) in [4.78, 5) is 16.3. The summed E-state index contributed by atoms with van der Waals surface area (Å²) >= 11 is 0. The van der Waals surface area contributed by atoms with Gasteiger partial charge < -0.3 is 14.2 Å². The Hall–Kier alpha value is -2.85. The summed E-state index contributed by atoms with van der Waals surface area (Å²) in [6.45, 7) is 6.01. The van der Waals surface area contributed by atoms with E-state index in [-0.39, 0.29) is 5.91 Å². The lowest BCUT2D eigenvalue weighted by Gasteiger charge is -2.34. The van der Waals surface area contributed by atoms with Crippen molar-refractivity contribution in [3.8, 4) is 11.8 Å². The maximum Gasteiger partial charge on any atom is 0.292 e. The monoisotopic (exact) mass is 340 g/mol. The van der Waals surface area contributed by atoms with E-state index in [0.717, 1.165) is 19.6 Å². The highest BCUT2D eigenvalue weighted by Gasteiger charge is 2.24. The number of nitrogens with zero attached hydrogens (tertiary/aromatic N) is 4. The fourth-order valence-electron chi connectivity index (χ4n) is 2.74. The van der Waals surface area contributed by atoms with Crippen molar-refractivity contribution in [2.75, 3.05) is 39.3 Å². The van der Waals surface area contributed by atoms with Gasteiger partial charge in [0.25, 0.3) is 5.91 Å². The Labute approximate surface area is 146 Å². The van der Waals surface area contributed by atoms with Crippen molar-refractivity contribution in [3.63, 3.8) is 0 Å². The lowest BCUT2D eigenvalue weighted by Crippen LogP contribution is -2.49. The molecule has 25 heavy (non-hydrogen) atoms. The van der Waals surface area contributed by atoms with Crippen LogP contribution < -0.4 is 4.74 Å². The summed E-state index contributed by atoms with van der Waals surface area (Å²) in [5, 5.41) is 12.6. The highest BCUT2D eigenvalue weighted by Crippen LogP contribution is 2.13. The van der Waals surface area contributed by atoms with Crippen molar-refractivity contribution in [3.05, 3.63) is 47.3 Å². The molecule has 1 saturated heterocycles.